The second-order valence-corrected chi connectivity index (χ2v) is 2.59. The van der Waals surface area contributed by atoms with Gasteiger partial charge in [-0.15, -0.1) is 0 Å². The Hall–Kier alpha value is 0.110. The molecule has 0 saturated heterocycles. The highest BCUT2D eigenvalue weighted by Crippen LogP contribution is 1.79. The molecule has 0 aromatic rings. The average Bonchev–Trinajstić information content (AvgIpc) is 1.68. The Bertz CT molecular complexity index is 72.1. The van der Waals surface area contributed by atoms with E-state index in [9.17, 15) is 0 Å². The molecule has 7 heavy (non-hydrogen) atoms. The van der Waals surface area contributed by atoms with Crippen molar-refractivity contribution in [2.45, 2.75) is 13.8 Å². The Kier molecular flexibility index (Phi) is 4.34. The molecule has 3 heteroatoms. The van der Waals surface area contributed by atoms with Gasteiger partial charge in [-0.3, -0.25) is 0 Å². The maximum absolute atomic E-state index is 8.72. The third-order valence-electron chi connectivity index (χ3n) is 0.536. The minimum atomic E-state index is -0.652. The second kappa shape index (κ2) is 4.27. The minimum Gasteiger partial charge on any atom is -0.322 e. The smallest absolute Gasteiger partial charge is 0.0453 e. The zero-order valence-corrected chi connectivity index (χ0v) is 5.53. The van der Waals surface area contributed by atoms with Crippen LogP contribution in [0.5, 0.6) is 0 Å². The van der Waals surface area contributed by atoms with Crippen molar-refractivity contribution in [3.05, 3.63) is 0 Å². The Labute approximate surface area is 46.9 Å². The average molecular weight is 121 g/mol. The van der Waals surface area contributed by atoms with Gasteiger partial charge in [0, 0.05) is 23.3 Å². The van der Waals surface area contributed by atoms with Gasteiger partial charge in [-0.2, -0.15) is 0 Å². The summed E-state index contributed by atoms with van der Waals surface area (Å²) in [5, 5.41) is 0. The Morgan fingerprint density at radius 3 is 2.29 bits per heavy atom. The molecule has 0 radical (unpaired) electrons. The summed E-state index contributed by atoms with van der Waals surface area (Å²) < 4.78 is 12.5. The van der Waals surface area contributed by atoms with Crippen molar-refractivity contribution < 1.29 is 4.55 Å². The first-order chi connectivity index (χ1) is 3.31. The lowest BCUT2D eigenvalue weighted by Crippen LogP contribution is -1.88. The fourth-order valence-corrected chi connectivity index (χ4v) is 0.721. The summed E-state index contributed by atoms with van der Waals surface area (Å²) in [4.78, 5) is 0. The van der Waals surface area contributed by atoms with Crippen LogP contribution in [-0.4, -0.2) is 16.9 Å². The highest BCUT2D eigenvalue weighted by molar-refractivity contribution is 7.81. The summed E-state index contributed by atoms with van der Waals surface area (Å²) in [5.74, 6) is 0.758. The molecular weight excluding hydrogens is 110 g/mol. The summed E-state index contributed by atoms with van der Waals surface area (Å²) in [6.07, 6.45) is 0. The van der Waals surface area contributed by atoms with Crippen LogP contribution in [0.2, 0.25) is 0 Å². The van der Waals surface area contributed by atoms with Gasteiger partial charge in [-0.1, -0.05) is 6.92 Å². The molecule has 0 amide bonds. The van der Waals surface area contributed by atoms with Crippen LogP contribution in [0.15, 0.2) is 4.36 Å². The zero-order valence-electron chi connectivity index (χ0n) is 4.72. The summed E-state index contributed by atoms with van der Waals surface area (Å²) in [7, 11) is -0.652. The van der Waals surface area contributed by atoms with Gasteiger partial charge in [0.1, 0.15) is 0 Å². The SMILES string of the molecule is CCN=S(O)CC. The molecule has 0 aromatic carbocycles. The van der Waals surface area contributed by atoms with Crippen LogP contribution in [-0.2, 0) is 11.0 Å². The van der Waals surface area contributed by atoms with Crippen molar-refractivity contribution in [1.29, 1.82) is 0 Å². The van der Waals surface area contributed by atoms with Gasteiger partial charge in [0.05, 0.1) is 0 Å². The first-order valence-corrected chi connectivity index (χ1v) is 3.69. The standard InChI is InChI=1S/C4H11NOS/c1-3-5-7(6)4-2/h3-4H2,1-2H3,(H,5,6). The van der Waals surface area contributed by atoms with Crippen LogP contribution in [0.1, 0.15) is 13.8 Å². The normalized spacial score (nSPS) is 14.7. The first-order valence-electron chi connectivity index (χ1n) is 2.38. The van der Waals surface area contributed by atoms with Crippen molar-refractivity contribution in [3.63, 3.8) is 0 Å². The fraction of sp³-hybridized carbons (Fsp3) is 1.00. The number of hydrogen-bond donors (Lipinski definition) is 1. The molecule has 0 fully saturated rings. The Morgan fingerprint density at radius 1 is 1.57 bits per heavy atom. The molecule has 0 aliphatic rings. The van der Waals surface area contributed by atoms with Crippen molar-refractivity contribution >= 4 is 11.0 Å². The fourth-order valence-electron chi connectivity index (χ4n) is 0.240. The molecule has 0 aromatic heterocycles. The lowest BCUT2D eigenvalue weighted by atomic mass is 10.8. The first kappa shape index (κ1) is 7.11. The quantitative estimate of drug-likeness (QED) is 0.587. The van der Waals surface area contributed by atoms with E-state index in [1.807, 2.05) is 13.8 Å². The monoisotopic (exact) mass is 121 g/mol. The largest absolute Gasteiger partial charge is 0.322 e. The molecule has 0 saturated carbocycles. The molecular formula is C4H11NOS. The van der Waals surface area contributed by atoms with Crippen molar-refractivity contribution in [1.82, 2.24) is 0 Å². The summed E-state index contributed by atoms with van der Waals surface area (Å²) in [6.45, 7) is 4.57. The predicted octanol–water partition coefficient (Wildman–Crippen LogP) is 1.30. The van der Waals surface area contributed by atoms with E-state index < -0.39 is 11.0 Å². The van der Waals surface area contributed by atoms with E-state index in [1.54, 1.807) is 0 Å². The molecule has 0 bridgehead atoms. The van der Waals surface area contributed by atoms with E-state index in [-0.39, 0.29) is 0 Å². The molecule has 0 aliphatic heterocycles. The Balaban J connectivity index is 3.29. The number of rotatable bonds is 2. The highest BCUT2D eigenvalue weighted by atomic mass is 32.2. The maximum Gasteiger partial charge on any atom is 0.0453 e. The number of hydrogen-bond acceptors (Lipinski definition) is 1. The highest BCUT2D eigenvalue weighted by Gasteiger charge is 1.77. The van der Waals surface area contributed by atoms with E-state index in [4.69, 9.17) is 4.55 Å². The second-order valence-electron chi connectivity index (χ2n) is 1.07. The zero-order chi connectivity index (χ0) is 5.70. The topological polar surface area (TPSA) is 32.6 Å². The minimum absolute atomic E-state index is 0.652. The van der Waals surface area contributed by atoms with Crippen molar-refractivity contribution in [2.24, 2.45) is 4.36 Å². The molecule has 1 unspecified atom stereocenters. The van der Waals surface area contributed by atoms with E-state index in [0.717, 1.165) is 12.3 Å². The van der Waals surface area contributed by atoms with Gasteiger partial charge in [0.25, 0.3) is 0 Å². The van der Waals surface area contributed by atoms with Crippen LogP contribution >= 0.6 is 0 Å². The lowest BCUT2D eigenvalue weighted by Gasteiger charge is -1.88. The predicted molar refractivity (Wildman–Crippen MR) is 33.5 cm³/mol. The molecule has 44 valence electrons. The van der Waals surface area contributed by atoms with Gasteiger partial charge in [0.15, 0.2) is 0 Å². The van der Waals surface area contributed by atoms with Crippen LogP contribution in [0.4, 0.5) is 0 Å². The third-order valence-corrected chi connectivity index (χ3v) is 1.61. The van der Waals surface area contributed by atoms with Crippen molar-refractivity contribution in [2.75, 3.05) is 12.3 Å². The van der Waals surface area contributed by atoms with Gasteiger partial charge >= 0.3 is 0 Å². The molecule has 0 aliphatic carbocycles. The summed E-state index contributed by atoms with van der Waals surface area (Å²) in [5.41, 5.74) is 0. The van der Waals surface area contributed by atoms with E-state index >= 15 is 0 Å². The van der Waals surface area contributed by atoms with Crippen LogP contribution in [0.25, 0.3) is 0 Å². The Morgan fingerprint density at radius 2 is 2.14 bits per heavy atom. The van der Waals surface area contributed by atoms with Crippen LogP contribution in [0, 0.1) is 0 Å². The molecule has 1 N–H and O–H groups in total. The molecule has 0 rings (SSSR count). The van der Waals surface area contributed by atoms with Gasteiger partial charge < -0.3 is 4.55 Å². The third kappa shape index (κ3) is 3.95. The molecule has 0 heterocycles. The van der Waals surface area contributed by atoms with E-state index in [0.29, 0.717) is 0 Å². The molecule has 1 atom stereocenters. The van der Waals surface area contributed by atoms with Gasteiger partial charge in [0.2, 0.25) is 0 Å². The maximum atomic E-state index is 8.72. The molecule has 0 spiro atoms. The van der Waals surface area contributed by atoms with Crippen LogP contribution < -0.4 is 0 Å². The summed E-state index contributed by atoms with van der Waals surface area (Å²) in [6, 6.07) is 0. The van der Waals surface area contributed by atoms with Crippen LogP contribution in [0.3, 0.4) is 0 Å². The van der Waals surface area contributed by atoms with E-state index in [1.165, 1.54) is 0 Å². The van der Waals surface area contributed by atoms with Crippen molar-refractivity contribution in [3.8, 4) is 0 Å². The van der Waals surface area contributed by atoms with Gasteiger partial charge in [-0.05, 0) is 6.92 Å². The van der Waals surface area contributed by atoms with E-state index in [2.05, 4.69) is 4.36 Å². The molecule has 2 nitrogen and oxygen atoms in total. The summed E-state index contributed by atoms with van der Waals surface area (Å²) >= 11 is 0. The lowest BCUT2D eigenvalue weighted by molar-refractivity contribution is 0.647. The number of nitrogens with zero attached hydrogens (tertiary/aromatic N) is 1. The van der Waals surface area contributed by atoms with Gasteiger partial charge in [-0.25, -0.2) is 4.36 Å².